The number of likely N-dealkylation sites (N-methyl/N-ethyl adjacent to an activating group) is 2. The van der Waals surface area contributed by atoms with Gasteiger partial charge >= 0.3 is 6.18 Å². The van der Waals surface area contributed by atoms with Crippen molar-refractivity contribution in [2.75, 3.05) is 30.9 Å². The Morgan fingerprint density at radius 2 is 1.88 bits per heavy atom. The number of fused-ring (bicyclic) bond motifs is 1. The van der Waals surface area contributed by atoms with Crippen LogP contribution in [0.4, 0.5) is 24.8 Å². The topological polar surface area (TPSA) is 70.5 Å². The van der Waals surface area contributed by atoms with E-state index in [2.05, 4.69) is 10.3 Å². The molecule has 3 aromatic rings. The molecule has 0 saturated carbocycles. The Labute approximate surface area is 195 Å². The van der Waals surface area contributed by atoms with E-state index >= 15 is 0 Å². The highest BCUT2D eigenvalue weighted by molar-refractivity contribution is 5.94. The van der Waals surface area contributed by atoms with Gasteiger partial charge in [0.1, 0.15) is 6.04 Å². The molecule has 2 aromatic carbocycles. The molecule has 180 valence electrons. The van der Waals surface area contributed by atoms with Crippen LogP contribution in [0.15, 0.2) is 42.5 Å². The second-order valence-corrected chi connectivity index (χ2v) is 8.59. The number of halogens is 3. The number of alkyl halides is 3. The van der Waals surface area contributed by atoms with E-state index in [4.69, 9.17) is 0 Å². The normalized spacial score (nSPS) is 16.4. The number of carbonyl (C=O) groups is 2. The number of aromatic nitrogens is 2. The third kappa shape index (κ3) is 4.71. The molecule has 1 aromatic heterocycles. The summed E-state index contributed by atoms with van der Waals surface area (Å²) in [7, 11) is 5.50. The first-order valence-corrected chi connectivity index (χ1v) is 10.9. The summed E-state index contributed by atoms with van der Waals surface area (Å²) in [5, 5.41) is 2.84. The fourth-order valence-electron chi connectivity index (χ4n) is 4.21. The molecular weight excluding hydrogens is 447 g/mol. The van der Waals surface area contributed by atoms with E-state index < -0.39 is 11.7 Å². The van der Waals surface area contributed by atoms with Crippen LogP contribution in [0.25, 0.3) is 11.0 Å². The van der Waals surface area contributed by atoms with Crippen LogP contribution in [-0.4, -0.2) is 52.9 Å². The molecule has 1 aliphatic rings. The van der Waals surface area contributed by atoms with Gasteiger partial charge in [0.15, 0.2) is 0 Å². The van der Waals surface area contributed by atoms with Crippen molar-refractivity contribution < 1.29 is 22.8 Å². The van der Waals surface area contributed by atoms with Crippen LogP contribution in [0.5, 0.6) is 0 Å². The first kappa shape index (κ1) is 23.6. The van der Waals surface area contributed by atoms with Gasteiger partial charge in [-0.25, -0.2) is 4.98 Å². The van der Waals surface area contributed by atoms with Gasteiger partial charge in [-0.15, -0.1) is 0 Å². The SMILES string of the molecule is CN1CC[C@@H](N(C)c2nc3ccc(NC(=O)CCc4ccc(C(F)(F)F)cc4)cc3n2C)C1=O. The third-order valence-electron chi connectivity index (χ3n) is 6.25. The van der Waals surface area contributed by atoms with Gasteiger partial charge in [0.25, 0.3) is 0 Å². The number of anilines is 2. The highest BCUT2D eigenvalue weighted by Crippen LogP contribution is 2.29. The van der Waals surface area contributed by atoms with E-state index in [1.807, 2.05) is 29.6 Å². The van der Waals surface area contributed by atoms with E-state index in [0.29, 0.717) is 30.2 Å². The Bertz CT molecular complexity index is 1220. The van der Waals surface area contributed by atoms with Gasteiger partial charge in [-0.2, -0.15) is 13.2 Å². The summed E-state index contributed by atoms with van der Waals surface area (Å²) >= 11 is 0. The number of benzene rings is 2. The first-order valence-electron chi connectivity index (χ1n) is 10.9. The number of nitrogens with one attached hydrogen (secondary N) is 1. The number of hydrogen-bond donors (Lipinski definition) is 1. The van der Waals surface area contributed by atoms with Crippen molar-refractivity contribution >= 4 is 34.5 Å². The highest BCUT2D eigenvalue weighted by Gasteiger charge is 2.34. The number of amides is 2. The van der Waals surface area contributed by atoms with Crippen LogP contribution < -0.4 is 10.2 Å². The smallest absolute Gasteiger partial charge is 0.344 e. The maximum atomic E-state index is 12.7. The van der Waals surface area contributed by atoms with E-state index in [1.165, 1.54) is 12.1 Å². The van der Waals surface area contributed by atoms with E-state index in [0.717, 1.165) is 29.6 Å². The standard InChI is InChI=1S/C24H26F3N5O2/c1-30-13-12-19(22(30)34)31(2)23-29-18-10-9-17(14-20(18)32(23)3)28-21(33)11-6-15-4-7-16(8-5-15)24(25,26)27/h4-5,7-10,14,19H,6,11-13H2,1-3H3,(H,28,33)/t19-/m1/s1. The van der Waals surface area contributed by atoms with Crippen LogP contribution in [0.1, 0.15) is 24.0 Å². The maximum absolute atomic E-state index is 12.7. The number of carbonyl (C=O) groups excluding carboxylic acids is 2. The second kappa shape index (κ2) is 9.00. The van der Waals surface area contributed by atoms with Crippen LogP contribution in [0.2, 0.25) is 0 Å². The van der Waals surface area contributed by atoms with Crippen molar-refractivity contribution in [2.45, 2.75) is 31.5 Å². The zero-order chi connectivity index (χ0) is 24.6. The maximum Gasteiger partial charge on any atom is 0.416 e. The van der Waals surface area contributed by atoms with E-state index in [-0.39, 0.29) is 24.3 Å². The van der Waals surface area contributed by atoms with Crippen LogP contribution in [0, 0.1) is 0 Å². The molecule has 0 unspecified atom stereocenters. The van der Waals surface area contributed by atoms with Gasteiger partial charge < -0.3 is 19.7 Å². The molecule has 34 heavy (non-hydrogen) atoms. The lowest BCUT2D eigenvalue weighted by Crippen LogP contribution is -2.39. The predicted molar refractivity (Wildman–Crippen MR) is 124 cm³/mol. The molecule has 1 saturated heterocycles. The summed E-state index contributed by atoms with van der Waals surface area (Å²) in [6.45, 7) is 0.709. The summed E-state index contributed by atoms with van der Waals surface area (Å²) in [6.07, 6.45) is -3.18. The van der Waals surface area contributed by atoms with E-state index in [9.17, 15) is 22.8 Å². The monoisotopic (exact) mass is 473 g/mol. The minimum absolute atomic E-state index is 0.0653. The molecule has 1 fully saturated rings. The van der Waals surface area contributed by atoms with Gasteiger partial charge in [0, 0.05) is 39.8 Å². The van der Waals surface area contributed by atoms with Crippen molar-refractivity contribution in [1.82, 2.24) is 14.5 Å². The Balaban J connectivity index is 1.42. The lowest BCUT2D eigenvalue weighted by atomic mass is 10.1. The van der Waals surface area contributed by atoms with E-state index in [1.54, 1.807) is 24.1 Å². The number of imidazole rings is 1. The van der Waals surface area contributed by atoms with Gasteiger partial charge in [0.05, 0.1) is 16.6 Å². The molecule has 1 N–H and O–H groups in total. The molecule has 1 atom stereocenters. The van der Waals surface area contributed by atoms with Gasteiger partial charge in [0.2, 0.25) is 17.8 Å². The molecule has 0 spiro atoms. The average Bonchev–Trinajstić information content (AvgIpc) is 3.30. The van der Waals surface area contributed by atoms with Crippen LogP contribution in [0.3, 0.4) is 0 Å². The Morgan fingerprint density at radius 3 is 2.50 bits per heavy atom. The average molecular weight is 473 g/mol. The predicted octanol–water partition coefficient (Wildman–Crippen LogP) is 3.83. The van der Waals surface area contributed by atoms with Crippen LogP contribution >= 0.6 is 0 Å². The Kier molecular flexibility index (Phi) is 6.24. The lowest BCUT2D eigenvalue weighted by Gasteiger charge is -2.24. The quantitative estimate of drug-likeness (QED) is 0.591. The number of aryl methyl sites for hydroxylation is 2. The molecule has 0 radical (unpaired) electrons. The Hall–Kier alpha value is -3.56. The molecular formula is C24H26F3N5O2. The van der Waals surface area contributed by atoms with Crippen molar-refractivity contribution in [3.8, 4) is 0 Å². The van der Waals surface area contributed by atoms with Crippen LogP contribution in [-0.2, 0) is 29.2 Å². The molecule has 4 rings (SSSR count). The summed E-state index contributed by atoms with van der Waals surface area (Å²) in [5.74, 6) is 0.489. The Morgan fingerprint density at radius 1 is 1.18 bits per heavy atom. The molecule has 0 aliphatic carbocycles. The van der Waals surface area contributed by atoms with Crippen molar-refractivity contribution in [1.29, 1.82) is 0 Å². The largest absolute Gasteiger partial charge is 0.416 e. The zero-order valence-electron chi connectivity index (χ0n) is 19.2. The molecule has 2 heterocycles. The van der Waals surface area contributed by atoms with Gasteiger partial charge in [-0.3, -0.25) is 9.59 Å². The van der Waals surface area contributed by atoms with Crippen molar-refractivity contribution in [2.24, 2.45) is 7.05 Å². The fraction of sp³-hybridized carbons (Fsp3) is 0.375. The minimum atomic E-state index is -4.38. The van der Waals surface area contributed by atoms with Crippen molar-refractivity contribution in [3.63, 3.8) is 0 Å². The fourth-order valence-corrected chi connectivity index (χ4v) is 4.21. The number of hydrogen-bond acceptors (Lipinski definition) is 4. The second-order valence-electron chi connectivity index (χ2n) is 8.59. The third-order valence-corrected chi connectivity index (χ3v) is 6.25. The molecule has 2 amide bonds. The molecule has 7 nitrogen and oxygen atoms in total. The number of rotatable bonds is 6. The number of likely N-dealkylation sites (tertiary alicyclic amines) is 1. The lowest BCUT2D eigenvalue weighted by molar-refractivity contribution is -0.137. The highest BCUT2D eigenvalue weighted by atomic mass is 19.4. The van der Waals surface area contributed by atoms with Crippen molar-refractivity contribution in [3.05, 3.63) is 53.6 Å². The number of nitrogens with zero attached hydrogens (tertiary/aromatic N) is 4. The molecule has 10 heteroatoms. The summed E-state index contributed by atoms with van der Waals surface area (Å²) in [6, 6.07) is 9.95. The van der Waals surface area contributed by atoms with Gasteiger partial charge in [-0.1, -0.05) is 12.1 Å². The molecule has 0 bridgehead atoms. The summed E-state index contributed by atoms with van der Waals surface area (Å²) in [5.41, 5.74) is 2.09. The summed E-state index contributed by atoms with van der Waals surface area (Å²) in [4.78, 5) is 33.1. The van der Waals surface area contributed by atoms with Gasteiger partial charge in [-0.05, 0) is 48.7 Å². The zero-order valence-corrected chi connectivity index (χ0v) is 19.2. The molecule has 1 aliphatic heterocycles. The summed E-state index contributed by atoms with van der Waals surface area (Å²) < 4.78 is 39.9. The first-order chi connectivity index (χ1) is 16.0. The minimum Gasteiger partial charge on any atom is -0.344 e.